The third-order valence-electron chi connectivity index (χ3n) is 1.67. The first-order valence-electron chi connectivity index (χ1n) is 3.74. The Kier molecular flexibility index (Phi) is 1.81. The Bertz CT molecular complexity index is 322. The third kappa shape index (κ3) is 1.20. The van der Waals surface area contributed by atoms with Crippen molar-refractivity contribution in [3.8, 4) is 0 Å². The zero-order valence-corrected chi connectivity index (χ0v) is 7.43. The predicted molar refractivity (Wildman–Crippen MR) is 47.2 cm³/mol. The molecule has 0 radical (unpaired) electrons. The van der Waals surface area contributed by atoms with Gasteiger partial charge in [0.15, 0.2) is 0 Å². The number of benzene rings is 1. The van der Waals surface area contributed by atoms with Crippen LogP contribution in [0.2, 0.25) is 0 Å². The zero-order valence-electron chi connectivity index (χ0n) is 6.61. The molecule has 0 saturated heterocycles. The fourth-order valence-corrected chi connectivity index (χ4v) is 2.08. The number of fused-ring (bicyclic) bond motifs is 1. The molecule has 62 valence electrons. The summed E-state index contributed by atoms with van der Waals surface area (Å²) >= 11 is 1.57. The van der Waals surface area contributed by atoms with Gasteiger partial charge in [0.1, 0.15) is 5.44 Å². The van der Waals surface area contributed by atoms with Crippen molar-refractivity contribution in [1.82, 2.24) is 0 Å². The van der Waals surface area contributed by atoms with Crippen LogP contribution in [-0.4, -0.2) is 11.4 Å². The second kappa shape index (κ2) is 2.83. The highest BCUT2D eigenvalue weighted by molar-refractivity contribution is 8.00. The van der Waals surface area contributed by atoms with Crippen LogP contribution in [0.25, 0.3) is 0 Å². The summed E-state index contributed by atoms with van der Waals surface area (Å²) in [4.78, 5) is 12.3. The van der Waals surface area contributed by atoms with Crippen LogP contribution in [0.5, 0.6) is 0 Å². The molecule has 0 fully saturated rings. The summed E-state index contributed by atoms with van der Waals surface area (Å²) in [5.74, 6) is -0.211. The molecule has 0 bridgehead atoms. The van der Waals surface area contributed by atoms with Crippen LogP contribution in [0.4, 0.5) is 0 Å². The van der Waals surface area contributed by atoms with Gasteiger partial charge in [0, 0.05) is 4.90 Å². The highest BCUT2D eigenvalue weighted by Gasteiger charge is 2.22. The molecule has 1 aliphatic rings. The van der Waals surface area contributed by atoms with Crippen LogP contribution >= 0.6 is 11.8 Å². The van der Waals surface area contributed by atoms with E-state index >= 15 is 0 Å². The van der Waals surface area contributed by atoms with Crippen molar-refractivity contribution < 1.29 is 9.53 Å². The van der Waals surface area contributed by atoms with E-state index in [9.17, 15) is 4.79 Å². The van der Waals surface area contributed by atoms with Crippen molar-refractivity contribution >= 4 is 17.7 Å². The maximum atomic E-state index is 11.3. The van der Waals surface area contributed by atoms with Gasteiger partial charge in [0.05, 0.1) is 5.56 Å². The normalized spacial score (nSPS) is 21.4. The largest absolute Gasteiger partial charge is 0.448 e. The molecular formula is C9H8O2S. The smallest absolute Gasteiger partial charge is 0.340 e. The van der Waals surface area contributed by atoms with Crippen LogP contribution in [0.1, 0.15) is 17.3 Å². The molecule has 2 rings (SSSR count). The lowest BCUT2D eigenvalue weighted by Crippen LogP contribution is -2.17. The minimum Gasteiger partial charge on any atom is -0.448 e. The Labute approximate surface area is 74.9 Å². The van der Waals surface area contributed by atoms with Gasteiger partial charge in [-0.2, -0.15) is 0 Å². The average molecular weight is 180 g/mol. The molecule has 0 saturated carbocycles. The highest BCUT2D eigenvalue weighted by Crippen LogP contribution is 2.32. The molecule has 1 unspecified atom stereocenters. The van der Waals surface area contributed by atoms with Gasteiger partial charge in [-0.25, -0.2) is 4.79 Å². The van der Waals surface area contributed by atoms with E-state index in [-0.39, 0.29) is 11.4 Å². The monoisotopic (exact) mass is 180 g/mol. The van der Waals surface area contributed by atoms with Crippen molar-refractivity contribution in [2.45, 2.75) is 17.3 Å². The fourth-order valence-electron chi connectivity index (χ4n) is 1.16. The maximum absolute atomic E-state index is 11.3. The predicted octanol–water partition coefficient (Wildman–Crippen LogP) is 2.30. The number of ether oxygens (including phenoxy) is 1. The van der Waals surface area contributed by atoms with Gasteiger partial charge in [0.2, 0.25) is 0 Å². The molecule has 0 spiro atoms. The molecular weight excluding hydrogens is 172 g/mol. The molecule has 1 aliphatic heterocycles. The lowest BCUT2D eigenvalue weighted by Gasteiger charge is -2.20. The molecule has 0 N–H and O–H groups in total. The minimum absolute atomic E-state index is 0.0626. The van der Waals surface area contributed by atoms with Crippen molar-refractivity contribution in [2.24, 2.45) is 0 Å². The number of cyclic esters (lactones) is 1. The summed E-state index contributed by atoms with van der Waals surface area (Å²) in [5, 5.41) is 0. The Morgan fingerprint density at radius 3 is 3.00 bits per heavy atom. The lowest BCUT2D eigenvalue weighted by molar-refractivity contribution is 0.0465. The lowest BCUT2D eigenvalue weighted by atomic mass is 10.2. The minimum atomic E-state index is -0.211. The van der Waals surface area contributed by atoms with Gasteiger partial charge in [-0.05, 0) is 19.1 Å². The van der Waals surface area contributed by atoms with Crippen LogP contribution in [0.15, 0.2) is 29.2 Å². The van der Waals surface area contributed by atoms with E-state index in [0.717, 1.165) is 4.90 Å². The molecule has 0 aromatic heterocycles. The molecule has 12 heavy (non-hydrogen) atoms. The van der Waals surface area contributed by atoms with Crippen LogP contribution in [0, 0.1) is 0 Å². The first kappa shape index (κ1) is 7.68. The molecule has 1 aromatic rings. The molecule has 0 amide bonds. The topological polar surface area (TPSA) is 26.3 Å². The standard InChI is InChI=1S/C9H8O2S/c1-6-11-9(10)7-4-2-3-5-8(7)12-6/h2-6H,1H3. The molecule has 1 atom stereocenters. The van der Waals surface area contributed by atoms with Gasteiger partial charge >= 0.3 is 5.97 Å². The molecule has 3 heteroatoms. The Balaban J connectivity index is 2.47. The summed E-state index contributed by atoms with van der Waals surface area (Å²) < 4.78 is 5.04. The average Bonchev–Trinajstić information content (AvgIpc) is 2.04. The number of hydrogen-bond donors (Lipinski definition) is 0. The number of carbonyl (C=O) groups excluding carboxylic acids is 1. The summed E-state index contributed by atoms with van der Waals surface area (Å²) in [5.41, 5.74) is 0.619. The van der Waals surface area contributed by atoms with E-state index in [1.54, 1.807) is 17.8 Å². The first-order chi connectivity index (χ1) is 5.77. The summed E-state index contributed by atoms with van der Waals surface area (Å²) in [7, 11) is 0. The number of rotatable bonds is 0. The summed E-state index contributed by atoms with van der Waals surface area (Å²) in [6, 6.07) is 7.50. The molecule has 2 nitrogen and oxygen atoms in total. The molecule has 1 aromatic carbocycles. The van der Waals surface area contributed by atoms with E-state index < -0.39 is 0 Å². The number of hydrogen-bond acceptors (Lipinski definition) is 3. The Morgan fingerprint density at radius 2 is 2.17 bits per heavy atom. The first-order valence-corrected chi connectivity index (χ1v) is 4.62. The summed E-state index contributed by atoms with van der Waals surface area (Å²) in [6.45, 7) is 1.87. The van der Waals surface area contributed by atoms with Gasteiger partial charge in [-0.1, -0.05) is 23.9 Å². The number of thioether (sulfide) groups is 1. The van der Waals surface area contributed by atoms with Gasteiger partial charge < -0.3 is 4.74 Å². The van der Waals surface area contributed by atoms with E-state index in [2.05, 4.69) is 0 Å². The van der Waals surface area contributed by atoms with Crippen LogP contribution in [0.3, 0.4) is 0 Å². The molecule has 0 aliphatic carbocycles. The van der Waals surface area contributed by atoms with Gasteiger partial charge in [0.25, 0.3) is 0 Å². The Hall–Kier alpha value is -0.960. The van der Waals surface area contributed by atoms with Crippen molar-refractivity contribution in [1.29, 1.82) is 0 Å². The van der Waals surface area contributed by atoms with E-state index in [0.29, 0.717) is 5.56 Å². The second-order valence-corrected chi connectivity index (χ2v) is 3.93. The van der Waals surface area contributed by atoms with E-state index in [1.807, 2.05) is 25.1 Å². The van der Waals surface area contributed by atoms with Gasteiger partial charge in [-0.15, -0.1) is 0 Å². The number of esters is 1. The van der Waals surface area contributed by atoms with Crippen molar-refractivity contribution in [3.05, 3.63) is 29.8 Å². The number of carbonyl (C=O) groups is 1. The van der Waals surface area contributed by atoms with E-state index in [4.69, 9.17) is 4.74 Å². The quantitative estimate of drug-likeness (QED) is 0.573. The maximum Gasteiger partial charge on any atom is 0.340 e. The zero-order chi connectivity index (χ0) is 8.55. The van der Waals surface area contributed by atoms with Gasteiger partial charge in [-0.3, -0.25) is 0 Å². The SMILES string of the molecule is CC1OC(=O)c2ccccc2S1. The molecule has 1 heterocycles. The second-order valence-electron chi connectivity index (χ2n) is 2.59. The van der Waals surface area contributed by atoms with E-state index in [1.165, 1.54) is 0 Å². The van der Waals surface area contributed by atoms with Crippen LogP contribution < -0.4 is 0 Å². The fraction of sp³-hybridized carbons (Fsp3) is 0.222. The van der Waals surface area contributed by atoms with Crippen molar-refractivity contribution in [2.75, 3.05) is 0 Å². The Morgan fingerprint density at radius 1 is 1.42 bits per heavy atom. The highest BCUT2D eigenvalue weighted by atomic mass is 32.2. The summed E-state index contributed by atoms with van der Waals surface area (Å²) in [6.07, 6.45) is 0. The van der Waals surface area contributed by atoms with Crippen molar-refractivity contribution in [3.63, 3.8) is 0 Å². The third-order valence-corrected chi connectivity index (χ3v) is 2.71. The van der Waals surface area contributed by atoms with Crippen LogP contribution in [-0.2, 0) is 4.74 Å².